The first kappa shape index (κ1) is 16.2. The Morgan fingerprint density at radius 1 is 1.14 bits per heavy atom. The molecule has 5 heteroatoms. The molecule has 0 spiro atoms. The van der Waals surface area contributed by atoms with Crippen molar-refractivity contribution in [3.63, 3.8) is 0 Å². The first-order chi connectivity index (χ1) is 10.8. The molecule has 3 heterocycles. The Kier molecular flexibility index (Phi) is 6.07. The molecule has 0 radical (unpaired) electrons. The van der Waals surface area contributed by atoms with E-state index in [9.17, 15) is 0 Å². The summed E-state index contributed by atoms with van der Waals surface area (Å²) >= 11 is 6.25. The van der Waals surface area contributed by atoms with Crippen LogP contribution in [0.4, 0.5) is 0 Å². The summed E-state index contributed by atoms with van der Waals surface area (Å²) in [5, 5.41) is 0.764. The average molecular weight is 324 g/mol. The highest BCUT2D eigenvalue weighted by atomic mass is 35.5. The lowest BCUT2D eigenvalue weighted by atomic mass is 10.1. The summed E-state index contributed by atoms with van der Waals surface area (Å²) < 4.78 is 6.08. The second-order valence-corrected chi connectivity index (χ2v) is 6.82. The van der Waals surface area contributed by atoms with Crippen LogP contribution >= 0.6 is 11.6 Å². The van der Waals surface area contributed by atoms with E-state index in [1.807, 2.05) is 12.3 Å². The van der Waals surface area contributed by atoms with Gasteiger partial charge in [0.2, 0.25) is 0 Å². The van der Waals surface area contributed by atoms with E-state index >= 15 is 0 Å². The maximum absolute atomic E-state index is 6.25. The molecule has 3 rings (SSSR count). The van der Waals surface area contributed by atoms with Crippen LogP contribution in [-0.2, 0) is 11.3 Å². The van der Waals surface area contributed by atoms with E-state index in [4.69, 9.17) is 16.3 Å². The van der Waals surface area contributed by atoms with Gasteiger partial charge in [-0.3, -0.25) is 9.88 Å². The lowest BCUT2D eigenvalue weighted by Crippen LogP contribution is -2.42. The molecule has 2 saturated heterocycles. The van der Waals surface area contributed by atoms with Gasteiger partial charge in [-0.1, -0.05) is 18.0 Å². The van der Waals surface area contributed by atoms with Crippen molar-refractivity contribution in [2.24, 2.45) is 0 Å². The van der Waals surface area contributed by atoms with Gasteiger partial charge in [0.15, 0.2) is 0 Å². The van der Waals surface area contributed by atoms with Gasteiger partial charge in [-0.25, -0.2) is 0 Å². The number of pyridine rings is 1. The number of hydrogen-bond acceptors (Lipinski definition) is 4. The van der Waals surface area contributed by atoms with Gasteiger partial charge in [0.25, 0.3) is 0 Å². The molecular weight excluding hydrogens is 298 g/mol. The summed E-state index contributed by atoms with van der Waals surface area (Å²) in [6, 6.07) is 2.02. The highest BCUT2D eigenvalue weighted by molar-refractivity contribution is 6.31. The van der Waals surface area contributed by atoms with Crippen LogP contribution in [0, 0.1) is 0 Å². The summed E-state index contributed by atoms with van der Waals surface area (Å²) in [5.41, 5.74) is 1.16. The number of hydrogen-bond donors (Lipinski definition) is 0. The number of ether oxygens (including phenoxy) is 1. The normalized spacial score (nSPS) is 25.0. The van der Waals surface area contributed by atoms with E-state index in [1.165, 1.54) is 32.4 Å². The topological polar surface area (TPSA) is 28.6 Å². The predicted octanol–water partition coefficient (Wildman–Crippen LogP) is 2.81. The smallest absolute Gasteiger partial charge is 0.0828 e. The fourth-order valence-corrected chi connectivity index (χ4v) is 3.61. The number of rotatable bonds is 4. The van der Waals surface area contributed by atoms with Crippen LogP contribution in [-0.4, -0.2) is 60.2 Å². The van der Waals surface area contributed by atoms with Gasteiger partial charge < -0.3 is 9.64 Å². The highest BCUT2D eigenvalue weighted by Gasteiger charge is 2.22. The molecule has 0 saturated carbocycles. The molecular formula is C17H26ClN3O. The van der Waals surface area contributed by atoms with Gasteiger partial charge in [0.1, 0.15) is 0 Å². The van der Waals surface area contributed by atoms with Gasteiger partial charge in [-0.15, -0.1) is 0 Å². The largest absolute Gasteiger partial charge is 0.376 e. The van der Waals surface area contributed by atoms with Crippen molar-refractivity contribution in [2.45, 2.75) is 38.3 Å². The van der Waals surface area contributed by atoms with Crippen LogP contribution in [0.1, 0.15) is 31.2 Å². The third kappa shape index (κ3) is 4.66. The minimum atomic E-state index is 0.321. The number of piperidine rings is 1. The van der Waals surface area contributed by atoms with E-state index in [1.54, 1.807) is 6.20 Å². The fourth-order valence-electron chi connectivity index (χ4n) is 3.43. The van der Waals surface area contributed by atoms with Gasteiger partial charge in [0.05, 0.1) is 11.1 Å². The van der Waals surface area contributed by atoms with Crippen LogP contribution in [0.3, 0.4) is 0 Å². The SMILES string of the molecule is Clc1cnccc1CN1CCCO[C@@H](CN2CCCCC2)C1. The lowest BCUT2D eigenvalue weighted by molar-refractivity contribution is 0.0217. The number of likely N-dealkylation sites (tertiary alicyclic amines) is 1. The standard InChI is InChI=1S/C17H26ClN3O/c18-17-11-19-6-5-15(17)12-21-9-4-10-22-16(14-21)13-20-7-2-1-3-8-20/h5-6,11,16H,1-4,7-10,12-14H2/t16-/m0/s1. The van der Waals surface area contributed by atoms with E-state index in [2.05, 4.69) is 14.8 Å². The molecule has 1 aromatic heterocycles. The Hall–Kier alpha value is -0.680. The first-order valence-electron chi connectivity index (χ1n) is 8.46. The van der Waals surface area contributed by atoms with Gasteiger partial charge in [-0.2, -0.15) is 0 Å². The number of halogens is 1. The van der Waals surface area contributed by atoms with Crippen molar-refractivity contribution in [3.8, 4) is 0 Å². The number of aromatic nitrogens is 1. The lowest BCUT2D eigenvalue weighted by Gasteiger charge is -2.31. The molecule has 1 aromatic rings. The number of nitrogens with zero attached hydrogens (tertiary/aromatic N) is 3. The third-order valence-corrected chi connectivity index (χ3v) is 4.94. The fraction of sp³-hybridized carbons (Fsp3) is 0.706. The van der Waals surface area contributed by atoms with Crippen molar-refractivity contribution in [1.29, 1.82) is 0 Å². The Balaban J connectivity index is 1.56. The maximum atomic E-state index is 6.25. The Morgan fingerprint density at radius 3 is 2.77 bits per heavy atom. The molecule has 2 fully saturated rings. The minimum Gasteiger partial charge on any atom is -0.376 e. The Morgan fingerprint density at radius 2 is 1.95 bits per heavy atom. The maximum Gasteiger partial charge on any atom is 0.0828 e. The molecule has 4 nitrogen and oxygen atoms in total. The van der Waals surface area contributed by atoms with Crippen LogP contribution in [0.15, 0.2) is 18.5 Å². The second kappa shape index (κ2) is 8.25. The summed E-state index contributed by atoms with van der Waals surface area (Å²) in [6.45, 7) is 7.37. The predicted molar refractivity (Wildman–Crippen MR) is 89.2 cm³/mol. The Bertz CT molecular complexity index is 465. The molecule has 0 amide bonds. The van der Waals surface area contributed by atoms with Gasteiger partial charge in [0, 0.05) is 45.2 Å². The summed E-state index contributed by atoms with van der Waals surface area (Å²) in [4.78, 5) is 9.11. The molecule has 0 N–H and O–H groups in total. The summed E-state index contributed by atoms with van der Waals surface area (Å²) in [6.07, 6.45) is 9.03. The third-order valence-electron chi connectivity index (χ3n) is 4.59. The van der Waals surface area contributed by atoms with Crippen LogP contribution in [0.2, 0.25) is 5.02 Å². The van der Waals surface area contributed by atoms with Crippen LogP contribution < -0.4 is 0 Å². The van der Waals surface area contributed by atoms with Crippen molar-refractivity contribution in [2.75, 3.05) is 39.3 Å². The molecule has 22 heavy (non-hydrogen) atoms. The second-order valence-electron chi connectivity index (χ2n) is 6.41. The zero-order chi connectivity index (χ0) is 15.2. The summed E-state index contributed by atoms with van der Waals surface area (Å²) in [7, 11) is 0. The van der Waals surface area contributed by atoms with Crippen molar-refractivity contribution >= 4 is 11.6 Å². The molecule has 0 unspecified atom stereocenters. The minimum absolute atomic E-state index is 0.321. The quantitative estimate of drug-likeness (QED) is 0.852. The van der Waals surface area contributed by atoms with E-state index < -0.39 is 0 Å². The molecule has 0 aromatic carbocycles. The van der Waals surface area contributed by atoms with Gasteiger partial charge >= 0.3 is 0 Å². The van der Waals surface area contributed by atoms with Crippen LogP contribution in [0.25, 0.3) is 0 Å². The van der Waals surface area contributed by atoms with Gasteiger partial charge in [-0.05, 0) is 44.0 Å². The molecule has 0 bridgehead atoms. The zero-order valence-corrected chi connectivity index (χ0v) is 14.0. The molecule has 2 aliphatic heterocycles. The Labute approximate surface area is 138 Å². The van der Waals surface area contributed by atoms with Crippen molar-refractivity contribution in [1.82, 2.24) is 14.8 Å². The highest BCUT2D eigenvalue weighted by Crippen LogP contribution is 2.18. The van der Waals surface area contributed by atoms with Crippen molar-refractivity contribution < 1.29 is 4.74 Å². The van der Waals surface area contributed by atoms with E-state index in [-0.39, 0.29) is 0 Å². The monoisotopic (exact) mass is 323 g/mol. The molecule has 0 aliphatic carbocycles. The first-order valence-corrected chi connectivity index (χ1v) is 8.84. The summed E-state index contributed by atoms with van der Waals surface area (Å²) in [5.74, 6) is 0. The van der Waals surface area contributed by atoms with E-state index in [0.29, 0.717) is 6.10 Å². The average Bonchev–Trinajstić information content (AvgIpc) is 2.76. The van der Waals surface area contributed by atoms with E-state index in [0.717, 1.165) is 49.8 Å². The molecule has 122 valence electrons. The molecule has 1 atom stereocenters. The zero-order valence-electron chi connectivity index (χ0n) is 13.2. The van der Waals surface area contributed by atoms with Crippen molar-refractivity contribution in [3.05, 3.63) is 29.0 Å². The van der Waals surface area contributed by atoms with Crippen LogP contribution in [0.5, 0.6) is 0 Å². The molecule has 2 aliphatic rings.